The lowest BCUT2D eigenvalue weighted by Gasteiger charge is -2.21. The molecule has 0 radical (unpaired) electrons. The van der Waals surface area contributed by atoms with Crippen molar-refractivity contribution in [3.05, 3.63) is 35.2 Å². The predicted octanol–water partition coefficient (Wildman–Crippen LogP) is 4.72. The van der Waals surface area contributed by atoms with Gasteiger partial charge in [-0.3, -0.25) is 0 Å². The van der Waals surface area contributed by atoms with Gasteiger partial charge in [0, 0.05) is 12.1 Å². The van der Waals surface area contributed by atoms with Crippen molar-refractivity contribution in [1.82, 2.24) is 15.0 Å². The smallest absolute Gasteiger partial charge is 0.408 e. The van der Waals surface area contributed by atoms with Crippen molar-refractivity contribution < 1.29 is 22.9 Å². The SMILES string of the molecule is N/C(=N\O)N1CCC[C@H]1c1nc(-c2ccc(CCC3CCCC3)c(C(F)(F)F)c2)no1. The Kier molecular flexibility index (Phi) is 6.06. The third kappa shape index (κ3) is 4.62. The number of hydrogen-bond acceptors (Lipinski definition) is 5. The zero-order valence-electron chi connectivity index (χ0n) is 17.1. The van der Waals surface area contributed by atoms with Crippen molar-refractivity contribution in [3.63, 3.8) is 0 Å². The Morgan fingerprint density at radius 2 is 2.00 bits per heavy atom. The van der Waals surface area contributed by atoms with Crippen LogP contribution in [0.3, 0.4) is 0 Å². The molecule has 2 aliphatic rings. The number of guanidine groups is 1. The van der Waals surface area contributed by atoms with Crippen LogP contribution in [0.15, 0.2) is 27.9 Å². The summed E-state index contributed by atoms with van der Waals surface area (Å²) in [6, 6.07) is 3.88. The fraction of sp³-hybridized carbons (Fsp3) is 0.571. The summed E-state index contributed by atoms with van der Waals surface area (Å²) in [5.74, 6) is 0.783. The van der Waals surface area contributed by atoms with Gasteiger partial charge < -0.3 is 20.4 Å². The summed E-state index contributed by atoms with van der Waals surface area (Å²) in [6.07, 6.45) is 2.73. The van der Waals surface area contributed by atoms with Gasteiger partial charge in [0.25, 0.3) is 0 Å². The van der Waals surface area contributed by atoms with Gasteiger partial charge in [-0.2, -0.15) is 18.2 Å². The fourth-order valence-corrected chi connectivity index (χ4v) is 4.70. The van der Waals surface area contributed by atoms with E-state index in [1.807, 2.05) is 0 Å². The summed E-state index contributed by atoms with van der Waals surface area (Å²) in [6.45, 7) is 0.562. The van der Waals surface area contributed by atoms with E-state index in [2.05, 4.69) is 15.3 Å². The van der Waals surface area contributed by atoms with E-state index < -0.39 is 11.7 Å². The van der Waals surface area contributed by atoms with E-state index in [1.165, 1.54) is 18.9 Å². The van der Waals surface area contributed by atoms with E-state index in [0.29, 0.717) is 30.9 Å². The molecule has 31 heavy (non-hydrogen) atoms. The van der Waals surface area contributed by atoms with E-state index in [1.54, 1.807) is 11.0 Å². The molecule has 1 saturated heterocycles. The Morgan fingerprint density at radius 3 is 2.71 bits per heavy atom. The molecule has 1 atom stereocenters. The molecule has 0 spiro atoms. The molecular formula is C21H26F3N5O2. The van der Waals surface area contributed by atoms with Gasteiger partial charge in [0.2, 0.25) is 17.7 Å². The first-order chi connectivity index (χ1) is 14.9. The van der Waals surface area contributed by atoms with Crippen LogP contribution in [0, 0.1) is 5.92 Å². The summed E-state index contributed by atoms with van der Waals surface area (Å²) in [5, 5.41) is 15.8. The molecule has 4 rings (SSSR count). The van der Waals surface area contributed by atoms with Gasteiger partial charge in [0.1, 0.15) is 6.04 Å². The Labute approximate surface area is 178 Å². The molecule has 0 amide bonds. The molecule has 7 nitrogen and oxygen atoms in total. The van der Waals surface area contributed by atoms with E-state index in [-0.39, 0.29) is 29.3 Å². The Bertz CT molecular complexity index is 937. The van der Waals surface area contributed by atoms with Gasteiger partial charge in [0.05, 0.1) is 5.56 Å². The van der Waals surface area contributed by atoms with Gasteiger partial charge >= 0.3 is 6.18 Å². The number of halogens is 3. The zero-order chi connectivity index (χ0) is 22.0. The van der Waals surface area contributed by atoms with Crippen molar-refractivity contribution in [2.24, 2.45) is 16.8 Å². The monoisotopic (exact) mass is 437 g/mol. The van der Waals surface area contributed by atoms with Crippen LogP contribution in [0.25, 0.3) is 11.4 Å². The van der Waals surface area contributed by atoms with Crippen molar-refractivity contribution >= 4 is 5.96 Å². The lowest BCUT2D eigenvalue weighted by Crippen LogP contribution is -2.36. The number of alkyl halides is 3. The summed E-state index contributed by atoms with van der Waals surface area (Å²) in [5.41, 5.74) is 5.60. The number of rotatable bonds is 5. The summed E-state index contributed by atoms with van der Waals surface area (Å²) in [4.78, 5) is 5.94. The van der Waals surface area contributed by atoms with Crippen LogP contribution in [0.5, 0.6) is 0 Å². The molecule has 1 aromatic carbocycles. The largest absolute Gasteiger partial charge is 0.416 e. The number of benzene rings is 1. The van der Waals surface area contributed by atoms with E-state index in [9.17, 15) is 13.2 Å². The van der Waals surface area contributed by atoms with Crippen LogP contribution in [-0.2, 0) is 12.6 Å². The highest BCUT2D eigenvalue weighted by atomic mass is 19.4. The van der Waals surface area contributed by atoms with Crippen LogP contribution >= 0.6 is 0 Å². The highest BCUT2D eigenvalue weighted by molar-refractivity contribution is 5.78. The number of nitrogens with two attached hydrogens (primary N) is 1. The maximum atomic E-state index is 13.8. The maximum Gasteiger partial charge on any atom is 0.416 e. The second kappa shape index (κ2) is 8.76. The molecule has 10 heteroatoms. The third-order valence-electron chi connectivity index (χ3n) is 6.35. The molecule has 2 aromatic rings. The molecule has 1 saturated carbocycles. The first-order valence-corrected chi connectivity index (χ1v) is 10.6. The van der Waals surface area contributed by atoms with Crippen molar-refractivity contribution in [2.75, 3.05) is 6.54 Å². The van der Waals surface area contributed by atoms with Crippen LogP contribution in [0.1, 0.15) is 68.0 Å². The topological polar surface area (TPSA) is 101 Å². The Balaban J connectivity index is 1.57. The van der Waals surface area contributed by atoms with Gasteiger partial charge in [0.15, 0.2) is 0 Å². The molecule has 2 fully saturated rings. The van der Waals surface area contributed by atoms with Crippen LogP contribution in [-0.4, -0.2) is 32.8 Å². The van der Waals surface area contributed by atoms with Crippen LogP contribution in [0.2, 0.25) is 0 Å². The summed E-state index contributed by atoms with van der Waals surface area (Å²) >= 11 is 0. The molecule has 1 aliphatic heterocycles. The summed E-state index contributed by atoms with van der Waals surface area (Å²) < 4.78 is 46.6. The van der Waals surface area contributed by atoms with Gasteiger partial charge in [-0.05, 0) is 43.2 Å². The van der Waals surface area contributed by atoms with Gasteiger partial charge in [-0.1, -0.05) is 48.1 Å². The number of aromatic nitrogens is 2. The highest BCUT2D eigenvalue weighted by Crippen LogP contribution is 2.37. The first-order valence-electron chi connectivity index (χ1n) is 10.6. The van der Waals surface area contributed by atoms with Crippen molar-refractivity contribution in [3.8, 4) is 11.4 Å². The normalized spacial score (nSPS) is 20.7. The quantitative estimate of drug-likeness (QED) is 0.304. The molecule has 0 bridgehead atoms. The number of oxime groups is 1. The average Bonchev–Trinajstić information content (AvgIpc) is 3.52. The standard InChI is InChI=1S/C21H26F3N5O2/c22-21(23,24)16-12-15(10-9-14(16)8-7-13-4-1-2-5-13)18-26-19(31-28-18)17-6-3-11-29(17)20(25)27-30/h9-10,12-13,17,30H,1-8,11H2,(H2,25,27)/t17-/m0/s1. The van der Waals surface area contributed by atoms with E-state index >= 15 is 0 Å². The van der Waals surface area contributed by atoms with Crippen molar-refractivity contribution in [2.45, 2.75) is 63.6 Å². The number of hydrogen-bond donors (Lipinski definition) is 2. The third-order valence-corrected chi connectivity index (χ3v) is 6.35. The second-order valence-corrected chi connectivity index (χ2v) is 8.32. The lowest BCUT2D eigenvalue weighted by molar-refractivity contribution is -0.138. The summed E-state index contributed by atoms with van der Waals surface area (Å²) in [7, 11) is 0. The number of aryl methyl sites for hydroxylation is 1. The minimum absolute atomic E-state index is 0.0618. The first kappa shape index (κ1) is 21.5. The molecule has 168 valence electrons. The van der Waals surface area contributed by atoms with E-state index in [0.717, 1.165) is 31.7 Å². The highest BCUT2D eigenvalue weighted by Gasteiger charge is 2.35. The van der Waals surface area contributed by atoms with Crippen LogP contribution < -0.4 is 5.73 Å². The molecule has 2 heterocycles. The minimum Gasteiger partial charge on any atom is -0.408 e. The average molecular weight is 437 g/mol. The van der Waals surface area contributed by atoms with Crippen molar-refractivity contribution in [1.29, 1.82) is 0 Å². The Hall–Kier alpha value is -2.78. The maximum absolute atomic E-state index is 13.8. The second-order valence-electron chi connectivity index (χ2n) is 8.32. The molecule has 0 unspecified atom stereocenters. The minimum atomic E-state index is -4.46. The van der Waals surface area contributed by atoms with Gasteiger partial charge in [-0.15, -0.1) is 0 Å². The molecule has 3 N–H and O–H groups in total. The van der Waals surface area contributed by atoms with Crippen LogP contribution in [0.4, 0.5) is 13.2 Å². The lowest BCUT2D eigenvalue weighted by atomic mass is 9.94. The molecule has 1 aromatic heterocycles. The zero-order valence-corrected chi connectivity index (χ0v) is 17.1. The molecule has 1 aliphatic carbocycles. The fourth-order valence-electron chi connectivity index (χ4n) is 4.70. The molecular weight excluding hydrogens is 411 g/mol. The van der Waals surface area contributed by atoms with E-state index in [4.69, 9.17) is 15.5 Å². The predicted molar refractivity (Wildman–Crippen MR) is 107 cm³/mol. The van der Waals surface area contributed by atoms with Gasteiger partial charge in [-0.25, -0.2) is 0 Å². The number of nitrogens with zero attached hydrogens (tertiary/aromatic N) is 4. The number of likely N-dealkylation sites (tertiary alicyclic amines) is 1. The Morgan fingerprint density at radius 1 is 1.23 bits per heavy atom.